The van der Waals surface area contributed by atoms with Gasteiger partial charge < -0.3 is 44.8 Å². The summed E-state index contributed by atoms with van der Waals surface area (Å²) in [6.07, 6.45) is 10.2. The number of benzene rings is 2. The van der Waals surface area contributed by atoms with Gasteiger partial charge in [0.05, 0.1) is 19.8 Å². The van der Waals surface area contributed by atoms with E-state index in [1.165, 1.54) is 32.1 Å². The summed E-state index contributed by atoms with van der Waals surface area (Å²) in [5.41, 5.74) is 11.2. The van der Waals surface area contributed by atoms with Crippen LogP contribution < -0.4 is 31.6 Å². The number of rotatable bonds is 13. The van der Waals surface area contributed by atoms with E-state index < -0.39 is 0 Å². The molecule has 0 atom stereocenters. The average Bonchev–Trinajstić information content (AvgIpc) is 3.41. The lowest BCUT2D eigenvalue weighted by Crippen LogP contribution is -2.40. The fourth-order valence-electron chi connectivity index (χ4n) is 11.3. The quantitative estimate of drug-likeness (QED) is 0.0969. The first-order valence-electron chi connectivity index (χ1n) is 28.0. The Labute approximate surface area is 452 Å². The average molecular weight is 1040 g/mol. The van der Waals surface area contributed by atoms with E-state index in [1.807, 2.05) is 65.8 Å². The van der Waals surface area contributed by atoms with Gasteiger partial charge in [-0.3, -0.25) is 24.1 Å². The topological polar surface area (TPSA) is 155 Å². The van der Waals surface area contributed by atoms with E-state index >= 15 is 0 Å². The Morgan fingerprint density at radius 1 is 0.618 bits per heavy atom. The maximum atomic E-state index is 13.5. The third-order valence-corrected chi connectivity index (χ3v) is 15.8. The summed E-state index contributed by atoms with van der Waals surface area (Å²) in [6, 6.07) is 12.8. The second-order valence-corrected chi connectivity index (χ2v) is 21.3. The van der Waals surface area contributed by atoms with Crippen molar-refractivity contribution in [2.45, 2.75) is 138 Å². The van der Waals surface area contributed by atoms with Crippen LogP contribution in [0.3, 0.4) is 0 Å². The zero-order valence-electron chi connectivity index (χ0n) is 47.0. The number of nitrogens with one attached hydrogen (secondary N) is 4. The highest BCUT2D eigenvalue weighted by Gasteiger charge is 2.27. The first-order valence-corrected chi connectivity index (χ1v) is 28.0. The number of pyridine rings is 2. The highest BCUT2D eigenvalue weighted by atomic mass is 16.5. The van der Waals surface area contributed by atoms with E-state index in [-0.39, 0.29) is 36.0 Å². The maximum absolute atomic E-state index is 13.5. The summed E-state index contributed by atoms with van der Waals surface area (Å²) in [4.78, 5) is 67.3. The van der Waals surface area contributed by atoms with Crippen LogP contribution in [0.1, 0.15) is 148 Å². The minimum Gasteiger partial charge on any atom is -0.381 e. The number of hydrogen-bond acceptors (Lipinski definition) is 10. The number of anilines is 2. The third-order valence-electron chi connectivity index (χ3n) is 15.8. The van der Waals surface area contributed by atoms with E-state index in [4.69, 9.17) is 9.47 Å². The number of likely N-dealkylation sites (tertiary alicyclic amines) is 1. The molecule has 1 aliphatic carbocycles. The number of nitrogens with zero attached hydrogens (tertiary/aromatic N) is 4. The Kier molecular flexibility index (Phi) is 21.0. The molecule has 3 aliphatic heterocycles. The van der Waals surface area contributed by atoms with Gasteiger partial charge in [-0.1, -0.05) is 42.9 Å². The normalized spacial score (nSPS) is 16.8. The molecular formula is C62H84N8O6. The van der Waals surface area contributed by atoms with Crippen molar-refractivity contribution >= 4 is 23.2 Å². The fraction of sp³-hybridized carbons (Fsp3) is 0.548. The van der Waals surface area contributed by atoms with Gasteiger partial charge in [0, 0.05) is 127 Å². The number of aromatic nitrogens is 2. The lowest BCUT2D eigenvalue weighted by molar-refractivity contribution is 0.0443. The van der Waals surface area contributed by atoms with E-state index in [0.29, 0.717) is 46.8 Å². The first-order chi connectivity index (χ1) is 36.6. The number of H-pyrrole nitrogens is 2. The second kappa shape index (κ2) is 27.8. The van der Waals surface area contributed by atoms with Crippen LogP contribution in [0.2, 0.25) is 0 Å². The van der Waals surface area contributed by atoms with E-state index in [9.17, 15) is 19.2 Å². The highest BCUT2D eigenvalue weighted by molar-refractivity contribution is 5.98. The molecule has 408 valence electrons. The number of amides is 2. The van der Waals surface area contributed by atoms with Gasteiger partial charge in [0.25, 0.3) is 22.9 Å². The van der Waals surface area contributed by atoms with Gasteiger partial charge in [-0.15, -0.1) is 0 Å². The molecule has 76 heavy (non-hydrogen) atoms. The second-order valence-electron chi connectivity index (χ2n) is 21.3. The smallest absolute Gasteiger partial charge is 0.253 e. The van der Waals surface area contributed by atoms with Crippen LogP contribution in [-0.2, 0) is 22.6 Å². The number of aromatic amines is 2. The SMILES string of the molecule is CCN(c1cc(C#CC2CCN(C)CC2)cc(C(=O)NCc2c(C)cc(C)[nH]c2=O)c1C)C1CCOCC1.CCN(c1cc(C#CCN2CCOCC2)cc(C(=O)NCc2c(C)cc(C)[nH]c2=O)c1C)C1CCCCC1. The van der Waals surface area contributed by atoms with Crippen molar-refractivity contribution < 1.29 is 19.1 Å². The van der Waals surface area contributed by atoms with Crippen LogP contribution in [0.15, 0.2) is 46.0 Å². The van der Waals surface area contributed by atoms with Crippen LogP contribution in [0.25, 0.3) is 0 Å². The predicted molar refractivity (Wildman–Crippen MR) is 306 cm³/mol. The molecule has 8 rings (SSSR count). The van der Waals surface area contributed by atoms with E-state index in [0.717, 1.165) is 148 Å². The molecule has 4 fully saturated rings. The molecule has 0 unspecified atom stereocenters. The molecule has 14 heteroatoms. The molecular weight excluding hydrogens is 953 g/mol. The monoisotopic (exact) mass is 1040 g/mol. The van der Waals surface area contributed by atoms with E-state index in [2.05, 4.69) is 96.9 Å². The van der Waals surface area contributed by atoms with Gasteiger partial charge in [-0.2, -0.15) is 0 Å². The Morgan fingerprint density at radius 2 is 1.09 bits per heavy atom. The molecule has 1 saturated carbocycles. The molecule has 2 aromatic heterocycles. The van der Waals surface area contributed by atoms with Gasteiger partial charge >= 0.3 is 0 Å². The van der Waals surface area contributed by atoms with Crippen molar-refractivity contribution in [2.24, 2.45) is 5.92 Å². The molecule has 3 saturated heterocycles. The Morgan fingerprint density at radius 3 is 1.58 bits per heavy atom. The lowest BCUT2D eigenvalue weighted by Gasteiger charge is -2.37. The summed E-state index contributed by atoms with van der Waals surface area (Å²) in [5, 5.41) is 6.02. The number of piperidine rings is 1. The van der Waals surface area contributed by atoms with E-state index in [1.54, 1.807) is 0 Å². The molecule has 0 spiro atoms. The third kappa shape index (κ3) is 15.3. The molecule has 5 heterocycles. The molecule has 4 aliphatic rings. The van der Waals surface area contributed by atoms with Crippen molar-refractivity contribution in [2.75, 3.05) is 89.1 Å². The minimum atomic E-state index is -0.186. The summed E-state index contributed by atoms with van der Waals surface area (Å²) in [6.45, 7) is 25.6. The van der Waals surface area contributed by atoms with Gasteiger partial charge in [0.15, 0.2) is 0 Å². The molecule has 14 nitrogen and oxygen atoms in total. The molecule has 4 N–H and O–H groups in total. The minimum absolute atomic E-state index is 0.155. The number of morpholine rings is 1. The van der Waals surface area contributed by atoms with Crippen LogP contribution >= 0.6 is 0 Å². The summed E-state index contributed by atoms with van der Waals surface area (Å²) >= 11 is 0. The fourth-order valence-corrected chi connectivity index (χ4v) is 11.3. The number of hydrogen-bond donors (Lipinski definition) is 4. The van der Waals surface area contributed by atoms with Gasteiger partial charge in [0.1, 0.15) is 0 Å². The number of carbonyl (C=O) groups excluding carboxylic acids is 2. The molecule has 0 radical (unpaired) electrons. The Hall–Kier alpha value is -6.16. The van der Waals surface area contributed by atoms with Crippen molar-refractivity contribution in [3.05, 3.63) is 124 Å². The lowest BCUT2D eigenvalue weighted by atomic mass is 9.92. The van der Waals surface area contributed by atoms with Crippen LogP contribution in [0.5, 0.6) is 0 Å². The maximum Gasteiger partial charge on any atom is 0.253 e. The molecule has 2 aromatic carbocycles. The number of aryl methyl sites for hydroxylation is 4. The van der Waals surface area contributed by atoms with Crippen LogP contribution in [0.4, 0.5) is 11.4 Å². The number of carbonyl (C=O) groups is 2. The predicted octanol–water partition coefficient (Wildman–Crippen LogP) is 8.00. The van der Waals surface area contributed by atoms with Gasteiger partial charge in [-0.25, -0.2) is 0 Å². The van der Waals surface area contributed by atoms with Crippen molar-refractivity contribution in [1.82, 2.24) is 30.4 Å². The van der Waals surface area contributed by atoms with Gasteiger partial charge in [-0.05, 0) is 173 Å². The van der Waals surface area contributed by atoms with Crippen molar-refractivity contribution in [1.29, 1.82) is 0 Å². The number of ether oxygens (including phenoxy) is 2. The summed E-state index contributed by atoms with van der Waals surface area (Å²) in [7, 11) is 2.16. The highest BCUT2D eigenvalue weighted by Crippen LogP contribution is 2.33. The molecule has 4 aromatic rings. The Balaban J connectivity index is 0.000000221. The standard InChI is InChI=1S/2C31H42N4O3/c1-6-35(26-11-15-38-16-12-26)29-19-25(8-7-24-9-13-34(5)14-10-24)18-27(23(29)4)30(36)32-20-28-21(2)17-22(3)33-31(28)37;1-5-35(26-11-7-6-8-12-26)29-20-25(10-9-13-34-14-16-38-17-15-34)19-27(24(29)4)30(36)32-21-28-22(2)18-23(3)33-31(28)37/h17-19,24,26H,6,9-16,20H2,1-5H3,(H,32,36)(H,33,37);18-20,26H,5-8,11-17,21H2,1-4H3,(H,32,36)(H,33,37). The Bertz CT molecular complexity index is 2890. The zero-order valence-corrected chi connectivity index (χ0v) is 47.0. The van der Waals surface area contributed by atoms with Crippen LogP contribution in [0, 0.1) is 71.1 Å². The summed E-state index contributed by atoms with van der Waals surface area (Å²) < 4.78 is 11.1. The first kappa shape index (κ1) is 57.5. The summed E-state index contributed by atoms with van der Waals surface area (Å²) in [5.74, 6) is 13.6. The van der Waals surface area contributed by atoms with Crippen molar-refractivity contribution in [3.63, 3.8) is 0 Å². The van der Waals surface area contributed by atoms with Crippen molar-refractivity contribution in [3.8, 4) is 23.7 Å². The van der Waals surface area contributed by atoms with Gasteiger partial charge in [0.2, 0.25) is 0 Å². The van der Waals surface area contributed by atoms with Crippen LogP contribution in [-0.4, -0.2) is 123 Å². The zero-order chi connectivity index (χ0) is 54.3. The molecule has 2 amide bonds. The molecule has 0 bridgehead atoms. The largest absolute Gasteiger partial charge is 0.381 e.